The standard InChI is InChI=1S/C42H36N4Si/c1-28(27-29(2)45(3)31-15-7-6-8-16-31)42-43-39(41-40(44-42)35-19-11-14-22-38(35)47(41,4)5)30-23-25-32(26-24-30)46-36-20-12-9-17-33(36)34-18-10-13-21-37(34)46/h6-27H,2H2,1,3-5H3. The van der Waals surface area contributed by atoms with Crippen molar-refractivity contribution in [3.05, 3.63) is 152 Å². The topological polar surface area (TPSA) is 34.0 Å². The van der Waals surface area contributed by atoms with Gasteiger partial charge in [0.15, 0.2) is 5.82 Å². The van der Waals surface area contributed by atoms with Crippen molar-refractivity contribution in [2.24, 2.45) is 0 Å². The van der Waals surface area contributed by atoms with E-state index in [0.29, 0.717) is 0 Å². The van der Waals surface area contributed by atoms with Gasteiger partial charge in [-0.25, -0.2) is 9.97 Å². The summed E-state index contributed by atoms with van der Waals surface area (Å²) in [7, 11) is -0.0340. The summed E-state index contributed by atoms with van der Waals surface area (Å²) < 4.78 is 2.36. The molecule has 3 heterocycles. The van der Waals surface area contributed by atoms with E-state index < -0.39 is 8.07 Å². The van der Waals surface area contributed by atoms with Crippen molar-refractivity contribution in [3.63, 3.8) is 0 Å². The Morgan fingerprint density at radius 2 is 1.28 bits per heavy atom. The summed E-state index contributed by atoms with van der Waals surface area (Å²) in [6, 6.07) is 45.3. The van der Waals surface area contributed by atoms with Crippen LogP contribution in [-0.4, -0.2) is 29.7 Å². The Morgan fingerprint density at radius 1 is 0.702 bits per heavy atom. The summed E-state index contributed by atoms with van der Waals surface area (Å²) in [4.78, 5) is 12.7. The highest BCUT2D eigenvalue weighted by Crippen LogP contribution is 2.35. The van der Waals surface area contributed by atoms with Gasteiger partial charge >= 0.3 is 0 Å². The lowest BCUT2D eigenvalue weighted by molar-refractivity contribution is 1.12. The fourth-order valence-electron chi connectivity index (χ4n) is 7.20. The molecule has 8 rings (SSSR count). The molecule has 47 heavy (non-hydrogen) atoms. The van der Waals surface area contributed by atoms with Gasteiger partial charge in [-0.1, -0.05) is 111 Å². The molecule has 0 atom stereocenters. The number of allylic oxidation sites excluding steroid dienone is 2. The van der Waals surface area contributed by atoms with Gasteiger partial charge in [0.1, 0.15) is 8.07 Å². The Balaban J connectivity index is 1.27. The molecule has 0 saturated heterocycles. The van der Waals surface area contributed by atoms with Gasteiger partial charge in [0.05, 0.1) is 22.4 Å². The predicted molar refractivity (Wildman–Crippen MR) is 202 cm³/mol. The number of anilines is 1. The Morgan fingerprint density at radius 3 is 1.96 bits per heavy atom. The molecule has 2 aromatic heterocycles. The van der Waals surface area contributed by atoms with E-state index >= 15 is 0 Å². The van der Waals surface area contributed by atoms with E-state index in [1.807, 2.05) is 25.2 Å². The molecule has 4 nitrogen and oxygen atoms in total. The molecule has 0 amide bonds. The molecule has 0 radical (unpaired) electrons. The van der Waals surface area contributed by atoms with Crippen LogP contribution in [0.25, 0.3) is 55.6 Å². The molecule has 0 unspecified atom stereocenters. The van der Waals surface area contributed by atoms with Gasteiger partial charge in [0.2, 0.25) is 0 Å². The lowest BCUT2D eigenvalue weighted by Gasteiger charge is -2.22. The van der Waals surface area contributed by atoms with Crippen molar-refractivity contribution in [2.75, 3.05) is 11.9 Å². The van der Waals surface area contributed by atoms with E-state index in [9.17, 15) is 0 Å². The lowest BCUT2D eigenvalue weighted by atomic mass is 10.1. The molecule has 0 spiro atoms. The first-order valence-corrected chi connectivity index (χ1v) is 19.1. The molecular weight excluding hydrogens is 589 g/mol. The van der Waals surface area contributed by atoms with Crippen molar-refractivity contribution >= 4 is 51.5 Å². The third kappa shape index (κ3) is 4.65. The first kappa shape index (κ1) is 28.9. The summed E-state index contributed by atoms with van der Waals surface area (Å²) in [5.41, 5.74) is 10.9. The highest BCUT2D eigenvalue weighted by atomic mass is 28.3. The van der Waals surface area contributed by atoms with Crippen LogP contribution in [0.4, 0.5) is 5.69 Å². The van der Waals surface area contributed by atoms with E-state index in [0.717, 1.165) is 45.4 Å². The van der Waals surface area contributed by atoms with Gasteiger partial charge in [0, 0.05) is 40.5 Å². The molecule has 0 saturated carbocycles. The number of hydrogen-bond donors (Lipinski definition) is 0. The first-order chi connectivity index (χ1) is 22.8. The minimum absolute atomic E-state index is 0.731. The van der Waals surface area contributed by atoms with Crippen molar-refractivity contribution in [3.8, 4) is 28.2 Å². The number of para-hydroxylation sites is 3. The van der Waals surface area contributed by atoms with Crippen LogP contribution in [0.3, 0.4) is 0 Å². The van der Waals surface area contributed by atoms with Crippen LogP contribution < -0.4 is 15.3 Å². The van der Waals surface area contributed by atoms with Crippen LogP contribution in [0, 0.1) is 0 Å². The largest absolute Gasteiger partial charge is 0.345 e. The Hall–Kier alpha value is -5.52. The molecule has 7 aromatic rings. The lowest BCUT2D eigenvalue weighted by Crippen LogP contribution is -2.50. The predicted octanol–water partition coefficient (Wildman–Crippen LogP) is 9.10. The van der Waals surface area contributed by atoms with Crippen LogP contribution in [0.15, 0.2) is 146 Å². The molecule has 0 N–H and O–H groups in total. The van der Waals surface area contributed by atoms with Crippen molar-refractivity contribution in [1.82, 2.24) is 14.5 Å². The van der Waals surface area contributed by atoms with Crippen LogP contribution in [0.1, 0.15) is 12.7 Å². The maximum absolute atomic E-state index is 5.36. The number of benzene rings is 5. The fraction of sp³-hybridized carbons (Fsp3) is 0.0952. The van der Waals surface area contributed by atoms with Crippen molar-refractivity contribution in [2.45, 2.75) is 20.0 Å². The molecule has 0 aliphatic carbocycles. The second kappa shape index (κ2) is 11.1. The number of fused-ring (bicyclic) bond motifs is 6. The number of likely N-dealkylation sites (N-methyl/N-ethyl adjacent to an activating group) is 1. The van der Waals surface area contributed by atoms with Gasteiger partial charge in [-0.2, -0.15) is 0 Å². The summed E-state index contributed by atoms with van der Waals surface area (Å²) in [6.07, 6.45) is 2.09. The van der Waals surface area contributed by atoms with Crippen LogP contribution in [-0.2, 0) is 0 Å². The maximum Gasteiger partial charge on any atom is 0.156 e. The highest BCUT2D eigenvalue weighted by molar-refractivity contribution is 7.04. The molecule has 5 heteroatoms. The van der Waals surface area contributed by atoms with E-state index in [1.165, 1.54) is 37.7 Å². The highest BCUT2D eigenvalue weighted by Gasteiger charge is 2.41. The average molecular weight is 625 g/mol. The number of rotatable bonds is 6. The Kier molecular flexibility index (Phi) is 6.81. The Bertz CT molecular complexity index is 2310. The third-order valence-electron chi connectivity index (χ3n) is 9.68. The van der Waals surface area contributed by atoms with Crippen molar-refractivity contribution in [1.29, 1.82) is 0 Å². The quantitative estimate of drug-likeness (QED) is 0.137. The fourth-order valence-corrected chi connectivity index (χ4v) is 10.4. The number of aromatic nitrogens is 3. The average Bonchev–Trinajstić information content (AvgIpc) is 3.57. The van der Waals surface area contributed by atoms with Crippen LogP contribution in [0.2, 0.25) is 13.1 Å². The van der Waals surface area contributed by atoms with Gasteiger partial charge in [-0.3, -0.25) is 0 Å². The summed E-state index contributed by atoms with van der Waals surface area (Å²) >= 11 is 0. The minimum atomic E-state index is -2.08. The first-order valence-electron chi connectivity index (χ1n) is 16.1. The molecule has 1 aliphatic rings. The second-order valence-electron chi connectivity index (χ2n) is 12.9. The van der Waals surface area contributed by atoms with Gasteiger partial charge in [-0.15, -0.1) is 0 Å². The SMILES string of the molecule is C=C(C=C(C)c1nc(-c2ccc(-n3c4ccccc4c4ccccc43)cc2)c2c(n1)-c1ccccc1[Si]2(C)C)N(C)c1ccccc1. The smallest absolute Gasteiger partial charge is 0.156 e. The molecule has 228 valence electrons. The van der Waals surface area contributed by atoms with Gasteiger partial charge in [0.25, 0.3) is 0 Å². The van der Waals surface area contributed by atoms with E-state index in [4.69, 9.17) is 9.97 Å². The van der Waals surface area contributed by atoms with E-state index in [1.54, 1.807) is 0 Å². The second-order valence-corrected chi connectivity index (χ2v) is 17.2. The zero-order chi connectivity index (χ0) is 32.3. The maximum atomic E-state index is 5.36. The van der Waals surface area contributed by atoms with Crippen molar-refractivity contribution < 1.29 is 0 Å². The van der Waals surface area contributed by atoms with E-state index in [2.05, 4.69) is 151 Å². The van der Waals surface area contributed by atoms with Gasteiger partial charge in [-0.05, 0) is 70.9 Å². The zero-order valence-corrected chi connectivity index (χ0v) is 28.2. The van der Waals surface area contributed by atoms with Crippen LogP contribution >= 0.6 is 0 Å². The molecule has 1 aliphatic heterocycles. The third-order valence-corrected chi connectivity index (χ3v) is 13.2. The molecule has 0 fully saturated rings. The number of nitrogens with zero attached hydrogens (tertiary/aromatic N) is 4. The summed E-state index contributed by atoms with van der Waals surface area (Å²) in [6.45, 7) is 11.3. The summed E-state index contributed by atoms with van der Waals surface area (Å²) in [5, 5.41) is 5.25. The zero-order valence-electron chi connectivity index (χ0n) is 27.2. The van der Waals surface area contributed by atoms with E-state index in [-0.39, 0.29) is 0 Å². The van der Waals surface area contributed by atoms with Crippen LogP contribution in [0.5, 0.6) is 0 Å². The molecular formula is C42H36N4Si. The number of hydrogen-bond acceptors (Lipinski definition) is 3. The Labute approximate surface area is 277 Å². The minimum Gasteiger partial charge on any atom is -0.345 e. The van der Waals surface area contributed by atoms with Gasteiger partial charge < -0.3 is 9.47 Å². The molecule has 5 aromatic carbocycles. The summed E-state index contributed by atoms with van der Waals surface area (Å²) in [5.74, 6) is 0.731. The molecule has 0 bridgehead atoms. The normalized spacial score (nSPS) is 13.5. The monoisotopic (exact) mass is 624 g/mol.